The van der Waals surface area contributed by atoms with Gasteiger partial charge in [-0.15, -0.1) is 0 Å². The molecule has 0 aliphatic rings. The topological polar surface area (TPSA) is 79.5 Å². The van der Waals surface area contributed by atoms with Crippen LogP contribution in [0.4, 0.5) is 5.69 Å². The first kappa shape index (κ1) is 15.6. The van der Waals surface area contributed by atoms with Gasteiger partial charge in [-0.2, -0.15) is 0 Å². The Morgan fingerprint density at radius 3 is 2.79 bits per heavy atom. The molecule has 5 nitrogen and oxygen atoms in total. The van der Waals surface area contributed by atoms with Gasteiger partial charge in [0.1, 0.15) is 17.6 Å². The number of fused-ring (bicyclic) bond motifs is 1. The fourth-order valence-corrected chi connectivity index (χ4v) is 2.29. The third-order valence-electron chi connectivity index (χ3n) is 3.53. The monoisotopic (exact) mass is 321 g/mol. The number of aromatic hydroxyl groups is 1. The zero-order valence-electron chi connectivity index (χ0n) is 12.9. The number of amides is 1. The molecule has 0 bridgehead atoms. The third-order valence-corrected chi connectivity index (χ3v) is 3.53. The van der Waals surface area contributed by atoms with Crippen LogP contribution in [0.5, 0.6) is 5.75 Å². The van der Waals surface area contributed by atoms with E-state index in [0.717, 1.165) is 5.56 Å². The highest BCUT2D eigenvalue weighted by atomic mass is 16.3. The molecule has 0 saturated heterocycles. The third kappa shape index (κ3) is 3.20. The quantitative estimate of drug-likeness (QED) is 0.572. The largest absolute Gasteiger partial charge is 0.506 e. The smallest absolute Gasteiger partial charge is 0.248 e. The van der Waals surface area contributed by atoms with Crippen molar-refractivity contribution in [1.82, 2.24) is 0 Å². The first-order valence-electron chi connectivity index (χ1n) is 7.34. The summed E-state index contributed by atoms with van der Waals surface area (Å²) in [6.45, 7) is 1.89. The number of para-hydroxylation sites is 2. The SMILES string of the molecule is Cc1ccc2occ(/C=C/C(=O)Nc3ccccc3O)c(=O)c2c1. The molecular formula is C19H15NO4. The van der Waals surface area contributed by atoms with E-state index in [2.05, 4.69) is 5.32 Å². The van der Waals surface area contributed by atoms with E-state index >= 15 is 0 Å². The molecule has 0 fully saturated rings. The summed E-state index contributed by atoms with van der Waals surface area (Å²) >= 11 is 0. The lowest BCUT2D eigenvalue weighted by molar-refractivity contribution is -0.111. The summed E-state index contributed by atoms with van der Waals surface area (Å²) in [6, 6.07) is 11.8. The minimum atomic E-state index is -0.458. The van der Waals surface area contributed by atoms with Gasteiger partial charge in [0.2, 0.25) is 5.91 Å². The van der Waals surface area contributed by atoms with Gasteiger partial charge < -0.3 is 14.8 Å². The molecule has 0 aliphatic heterocycles. The highest BCUT2D eigenvalue weighted by Crippen LogP contribution is 2.21. The molecule has 120 valence electrons. The zero-order valence-corrected chi connectivity index (χ0v) is 12.9. The number of hydrogen-bond acceptors (Lipinski definition) is 4. The fourth-order valence-electron chi connectivity index (χ4n) is 2.29. The Morgan fingerprint density at radius 1 is 1.21 bits per heavy atom. The molecule has 2 N–H and O–H groups in total. The first-order valence-corrected chi connectivity index (χ1v) is 7.34. The molecule has 2 aromatic carbocycles. The van der Waals surface area contributed by atoms with Crippen LogP contribution in [0, 0.1) is 6.92 Å². The molecule has 0 unspecified atom stereocenters. The molecule has 1 aromatic heterocycles. The van der Waals surface area contributed by atoms with Crippen LogP contribution in [0.1, 0.15) is 11.1 Å². The van der Waals surface area contributed by atoms with Gasteiger partial charge in [0.15, 0.2) is 5.43 Å². The van der Waals surface area contributed by atoms with E-state index in [1.807, 2.05) is 13.0 Å². The van der Waals surface area contributed by atoms with Crippen LogP contribution in [0.15, 0.2) is 64.0 Å². The number of carbonyl (C=O) groups is 1. The van der Waals surface area contributed by atoms with Gasteiger partial charge in [0, 0.05) is 6.08 Å². The first-order chi connectivity index (χ1) is 11.5. The number of benzene rings is 2. The van der Waals surface area contributed by atoms with Crippen LogP contribution in [-0.4, -0.2) is 11.0 Å². The number of anilines is 1. The standard InChI is InChI=1S/C19H15NO4/c1-12-6-8-17-14(10-12)19(23)13(11-24-17)7-9-18(22)20-15-4-2-3-5-16(15)21/h2-11,21H,1H3,(H,20,22)/b9-7+. The van der Waals surface area contributed by atoms with Crippen molar-refractivity contribution in [1.29, 1.82) is 0 Å². The van der Waals surface area contributed by atoms with Crippen LogP contribution in [-0.2, 0) is 4.79 Å². The zero-order chi connectivity index (χ0) is 17.1. The Balaban J connectivity index is 1.85. The summed E-state index contributed by atoms with van der Waals surface area (Å²) in [5.41, 5.74) is 1.83. The van der Waals surface area contributed by atoms with Crippen LogP contribution in [0.3, 0.4) is 0 Å². The van der Waals surface area contributed by atoms with Crippen molar-refractivity contribution < 1.29 is 14.3 Å². The number of rotatable bonds is 3. The van der Waals surface area contributed by atoms with Crippen molar-refractivity contribution in [2.75, 3.05) is 5.32 Å². The number of aryl methyl sites for hydroxylation is 1. The normalized spacial score (nSPS) is 11.0. The maximum absolute atomic E-state index is 12.4. The summed E-state index contributed by atoms with van der Waals surface area (Å²) in [7, 11) is 0. The second kappa shape index (κ2) is 6.42. The van der Waals surface area contributed by atoms with E-state index in [-0.39, 0.29) is 16.7 Å². The van der Waals surface area contributed by atoms with Gasteiger partial charge >= 0.3 is 0 Å². The minimum Gasteiger partial charge on any atom is -0.506 e. The molecule has 0 saturated carbocycles. The van der Waals surface area contributed by atoms with E-state index in [9.17, 15) is 14.7 Å². The predicted molar refractivity (Wildman–Crippen MR) is 93.0 cm³/mol. The Kier molecular flexibility index (Phi) is 4.16. The van der Waals surface area contributed by atoms with E-state index in [1.54, 1.807) is 30.3 Å². The second-order valence-corrected chi connectivity index (χ2v) is 5.36. The Bertz CT molecular complexity index is 1000. The number of phenolic OH excluding ortho intramolecular Hbond substituents is 1. The number of hydrogen-bond donors (Lipinski definition) is 2. The summed E-state index contributed by atoms with van der Waals surface area (Å²) in [4.78, 5) is 24.3. The van der Waals surface area contributed by atoms with Crippen LogP contribution in [0.2, 0.25) is 0 Å². The molecule has 24 heavy (non-hydrogen) atoms. The van der Waals surface area contributed by atoms with Crippen molar-refractivity contribution >= 4 is 28.6 Å². The number of phenols is 1. The highest BCUT2D eigenvalue weighted by molar-refractivity contribution is 6.02. The van der Waals surface area contributed by atoms with E-state index < -0.39 is 5.91 Å². The van der Waals surface area contributed by atoms with Crippen LogP contribution in [0.25, 0.3) is 17.0 Å². The van der Waals surface area contributed by atoms with Crippen molar-refractivity contribution in [3.05, 3.63) is 76.2 Å². The summed E-state index contributed by atoms with van der Waals surface area (Å²) in [5.74, 6) is -0.486. The Labute approximate surface area is 137 Å². The molecule has 0 aliphatic carbocycles. The maximum atomic E-state index is 12.4. The Morgan fingerprint density at radius 2 is 2.00 bits per heavy atom. The molecule has 0 atom stereocenters. The van der Waals surface area contributed by atoms with E-state index in [1.165, 1.54) is 24.5 Å². The van der Waals surface area contributed by atoms with Gasteiger partial charge in [-0.25, -0.2) is 0 Å². The van der Waals surface area contributed by atoms with Gasteiger partial charge in [0.05, 0.1) is 16.6 Å². The lowest BCUT2D eigenvalue weighted by Crippen LogP contribution is -2.09. The van der Waals surface area contributed by atoms with Gasteiger partial charge in [-0.1, -0.05) is 23.8 Å². The molecule has 1 heterocycles. The van der Waals surface area contributed by atoms with Crippen molar-refractivity contribution in [2.45, 2.75) is 6.92 Å². The number of nitrogens with one attached hydrogen (secondary N) is 1. The second-order valence-electron chi connectivity index (χ2n) is 5.36. The summed E-state index contributed by atoms with van der Waals surface area (Å²) in [5, 5.41) is 12.6. The van der Waals surface area contributed by atoms with Crippen molar-refractivity contribution in [3.63, 3.8) is 0 Å². The average Bonchev–Trinajstić information content (AvgIpc) is 2.57. The average molecular weight is 321 g/mol. The van der Waals surface area contributed by atoms with Gasteiger partial charge in [0.25, 0.3) is 0 Å². The van der Waals surface area contributed by atoms with Crippen molar-refractivity contribution in [2.24, 2.45) is 0 Å². The maximum Gasteiger partial charge on any atom is 0.248 e. The molecule has 3 rings (SSSR count). The van der Waals surface area contributed by atoms with E-state index in [4.69, 9.17) is 4.42 Å². The summed E-state index contributed by atoms with van der Waals surface area (Å²) in [6.07, 6.45) is 3.94. The molecule has 1 amide bonds. The molecule has 3 aromatic rings. The van der Waals surface area contributed by atoms with Crippen LogP contribution >= 0.6 is 0 Å². The van der Waals surface area contributed by atoms with E-state index in [0.29, 0.717) is 16.7 Å². The fraction of sp³-hybridized carbons (Fsp3) is 0.0526. The molecule has 0 spiro atoms. The molecular weight excluding hydrogens is 306 g/mol. The lowest BCUT2D eigenvalue weighted by atomic mass is 10.1. The number of carbonyl (C=O) groups excluding carboxylic acids is 1. The van der Waals surface area contributed by atoms with Gasteiger partial charge in [-0.05, 0) is 37.3 Å². The molecule has 0 radical (unpaired) electrons. The molecule has 5 heteroatoms. The summed E-state index contributed by atoms with van der Waals surface area (Å²) < 4.78 is 5.43. The Hall–Kier alpha value is -3.34. The van der Waals surface area contributed by atoms with Crippen molar-refractivity contribution in [3.8, 4) is 5.75 Å². The predicted octanol–water partition coefficient (Wildman–Crippen LogP) is 3.46. The lowest BCUT2D eigenvalue weighted by Gasteiger charge is -2.04. The minimum absolute atomic E-state index is 0.0278. The highest BCUT2D eigenvalue weighted by Gasteiger charge is 2.06. The van der Waals surface area contributed by atoms with Crippen LogP contribution < -0.4 is 10.7 Å². The van der Waals surface area contributed by atoms with Gasteiger partial charge in [-0.3, -0.25) is 9.59 Å².